The van der Waals surface area contributed by atoms with E-state index in [2.05, 4.69) is 9.99 Å². The molecule has 11 nitrogen and oxygen atoms in total. The second-order valence-corrected chi connectivity index (χ2v) is 8.54. The van der Waals surface area contributed by atoms with Gasteiger partial charge in [0.05, 0.1) is 23.7 Å². The molecule has 1 N–H and O–H groups in total. The summed E-state index contributed by atoms with van der Waals surface area (Å²) in [6.07, 6.45) is -0.594. The summed E-state index contributed by atoms with van der Waals surface area (Å²) in [5.74, 6) is 0.578. The molecule has 0 spiro atoms. The Morgan fingerprint density at radius 1 is 1.06 bits per heavy atom. The number of aryl methyl sites for hydroxylation is 1. The maximum Gasteiger partial charge on any atom is 0.421 e. The van der Waals surface area contributed by atoms with Crippen LogP contribution in [0.2, 0.25) is 0 Å². The van der Waals surface area contributed by atoms with E-state index in [9.17, 15) is 23.3 Å². The predicted molar refractivity (Wildman–Crippen MR) is 116 cm³/mol. The van der Waals surface area contributed by atoms with E-state index in [1.54, 1.807) is 19.1 Å². The molecular weight excluding hydrogens is 454 g/mol. The number of hydrogen-bond acceptors (Lipinski definition) is 9. The van der Waals surface area contributed by atoms with Gasteiger partial charge in [-0.1, -0.05) is 47.6 Å². The van der Waals surface area contributed by atoms with Crippen LogP contribution in [0.5, 0.6) is 0 Å². The zero-order chi connectivity index (χ0) is 23.8. The van der Waals surface area contributed by atoms with E-state index in [4.69, 9.17) is 9.26 Å². The smallest absolute Gasteiger partial charge is 0.421 e. The van der Waals surface area contributed by atoms with Crippen LogP contribution >= 0.6 is 0 Å². The molecule has 33 heavy (non-hydrogen) atoms. The van der Waals surface area contributed by atoms with Crippen molar-refractivity contribution in [1.82, 2.24) is 9.88 Å². The number of aromatic nitrogens is 1. The molecule has 0 unspecified atom stereocenters. The van der Waals surface area contributed by atoms with E-state index >= 15 is 0 Å². The van der Waals surface area contributed by atoms with Crippen molar-refractivity contribution in [2.24, 2.45) is 0 Å². The second kappa shape index (κ2) is 10.6. The molecule has 0 aliphatic carbocycles. The fourth-order valence-electron chi connectivity index (χ4n) is 3.01. The van der Waals surface area contributed by atoms with Crippen molar-refractivity contribution in [2.75, 3.05) is 13.2 Å². The predicted octanol–water partition coefficient (Wildman–Crippen LogP) is 3.72. The molecule has 174 valence electrons. The highest BCUT2D eigenvalue weighted by Crippen LogP contribution is 2.34. The van der Waals surface area contributed by atoms with Gasteiger partial charge in [-0.25, -0.2) is 17.9 Å². The minimum absolute atomic E-state index is 0.115. The summed E-state index contributed by atoms with van der Waals surface area (Å²) in [6.45, 7) is 1.51. The number of unbranched alkanes of at least 4 members (excludes halogenated alkanes) is 1. The summed E-state index contributed by atoms with van der Waals surface area (Å²) in [7, 11) is -4.15. The summed E-state index contributed by atoms with van der Waals surface area (Å²) in [6, 6.07) is 15.4. The molecule has 0 saturated carbocycles. The van der Waals surface area contributed by atoms with Crippen LogP contribution in [-0.4, -0.2) is 38.0 Å². The number of nitrogens with one attached hydrogen (secondary N) is 1. The quantitative estimate of drug-likeness (QED) is 0.263. The van der Waals surface area contributed by atoms with Crippen molar-refractivity contribution in [3.05, 3.63) is 70.5 Å². The van der Waals surface area contributed by atoms with Gasteiger partial charge < -0.3 is 14.1 Å². The maximum atomic E-state index is 12.5. The minimum atomic E-state index is -4.15. The lowest BCUT2D eigenvalue weighted by Crippen LogP contribution is -2.31. The van der Waals surface area contributed by atoms with E-state index in [1.165, 1.54) is 12.1 Å². The average Bonchev–Trinajstić information content (AvgIpc) is 3.17. The molecule has 0 radical (unpaired) electrons. The molecule has 0 aliphatic heterocycles. The van der Waals surface area contributed by atoms with Crippen molar-refractivity contribution >= 4 is 16.1 Å². The van der Waals surface area contributed by atoms with Crippen molar-refractivity contribution < 1.29 is 32.4 Å². The van der Waals surface area contributed by atoms with Crippen molar-refractivity contribution in [3.8, 4) is 22.4 Å². The minimum Gasteiger partial charge on any atom is -0.449 e. The molecule has 1 aromatic heterocycles. The zero-order valence-corrected chi connectivity index (χ0v) is 18.4. The Balaban J connectivity index is 1.64. The molecule has 0 atom stereocenters. The number of carbonyl (C=O) groups excluding carboxylic acids is 1. The Labute approximate surface area is 189 Å². The highest BCUT2D eigenvalue weighted by molar-refractivity contribution is 7.90. The first kappa shape index (κ1) is 23.7. The first-order valence-electron chi connectivity index (χ1n) is 9.87. The van der Waals surface area contributed by atoms with Gasteiger partial charge in [0.15, 0.2) is 0 Å². The SMILES string of the molecule is Cc1onc(-c2ccccc2)c1-c1ccc(S(=O)(=O)NC(=O)OCCCCO[N+](=O)[O-])cc1. The molecule has 1 amide bonds. The number of benzene rings is 2. The van der Waals surface area contributed by atoms with Crippen molar-refractivity contribution in [3.63, 3.8) is 0 Å². The largest absolute Gasteiger partial charge is 0.449 e. The summed E-state index contributed by atoms with van der Waals surface area (Å²) in [4.78, 5) is 25.8. The monoisotopic (exact) mass is 475 g/mol. The summed E-state index contributed by atoms with van der Waals surface area (Å²) >= 11 is 0. The Morgan fingerprint density at radius 3 is 2.39 bits per heavy atom. The average molecular weight is 475 g/mol. The van der Waals surface area contributed by atoms with Gasteiger partial charge in [-0.2, -0.15) is 0 Å². The van der Waals surface area contributed by atoms with Gasteiger partial charge in [0.1, 0.15) is 11.5 Å². The second-order valence-electron chi connectivity index (χ2n) is 6.86. The number of hydrogen-bond donors (Lipinski definition) is 1. The van der Waals surface area contributed by atoms with Crippen LogP contribution in [0.15, 0.2) is 64.0 Å². The van der Waals surface area contributed by atoms with E-state index in [0.29, 0.717) is 17.0 Å². The van der Waals surface area contributed by atoms with Crippen LogP contribution in [0.1, 0.15) is 18.6 Å². The molecule has 1 heterocycles. The van der Waals surface area contributed by atoms with E-state index < -0.39 is 21.2 Å². The van der Waals surface area contributed by atoms with Crippen molar-refractivity contribution in [2.45, 2.75) is 24.7 Å². The molecule has 3 aromatic rings. The lowest BCUT2D eigenvalue weighted by molar-refractivity contribution is -0.757. The van der Waals surface area contributed by atoms with Crippen molar-refractivity contribution in [1.29, 1.82) is 0 Å². The lowest BCUT2D eigenvalue weighted by Gasteiger charge is -2.09. The molecule has 0 aliphatic rings. The van der Waals surface area contributed by atoms with Crippen LogP contribution in [-0.2, 0) is 19.6 Å². The molecule has 0 bridgehead atoms. The summed E-state index contributed by atoms with van der Waals surface area (Å²) < 4.78 is 36.9. The van der Waals surface area contributed by atoms with Crippen LogP contribution in [0.25, 0.3) is 22.4 Å². The fourth-order valence-corrected chi connectivity index (χ4v) is 3.90. The number of amides is 1. The normalized spacial score (nSPS) is 11.1. The Bertz CT molecular complexity index is 1210. The highest BCUT2D eigenvalue weighted by atomic mass is 32.2. The van der Waals surface area contributed by atoms with E-state index in [0.717, 1.165) is 11.1 Å². The highest BCUT2D eigenvalue weighted by Gasteiger charge is 2.21. The van der Waals surface area contributed by atoms with Gasteiger partial charge in [-0.3, -0.25) is 0 Å². The third kappa shape index (κ3) is 6.29. The maximum absolute atomic E-state index is 12.5. The van der Waals surface area contributed by atoms with Crippen LogP contribution < -0.4 is 4.72 Å². The topological polar surface area (TPSA) is 151 Å². The van der Waals surface area contributed by atoms with Gasteiger partial charge >= 0.3 is 6.09 Å². The Kier molecular flexibility index (Phi) is 7.61. The number of rotatable bonds is 10. The van der Waals surface area contributed by atoms with Gasteiger partial charge in [-0.15, -0.1) is 10.1 Å². The van der Waals surface area contributed by atoms with Gasteiger partial charge in [0.25, 0.3) is 15.1 Å². The standard InChI is InChI=1S/C21H21N3O8S/c1-15-19(20(22-32-15)17-7-3-2-4-8-17)16-9-11-18(12-10-16)33(28,29)23-21(25)30-13-5-6-14-31-24(26)27/h2-4,7-12H,5-6,13-14H2,1H3,(H,23,25). The number of sulfonamides is 1. The summed E-state index contributed by atoms with van der Waals surface area (Å²) in [5, 5.41) is 13.2. The van der Waals surface area contributed by atoms with E-state index in [-0.39, 0.29) is 31.0 Å². The zero-order valence-electron chi connectivity index (χ0n) is 17.6. The van der Waals surface area contributed by atoms with Crippen LogP contribution in [0.4, 0.5) is 4.79 Å². The van der Waals surface area contributed by atoms with E-state index in [1.807, 2.05) is 35.1 Å². The number of ether oxygens (including phenoxy) is 1. The molecule has 12 heteroatoms. The molecule has 2 aromatic carbocycles. The molecular formula is C21H21N3O8S. The number of carbonyl (C=O) groups is 1. The Hall–Kier alpha value is -3.93. The molecule has 0 fully saturated rings. The lowest BCUT2D eigenvalue weighted by atomic mass is 10.00. The van der Waals surface area contributed by atoms with Crippen LogP contribution in [0.3, 0.4) is 0 Å². The van der Waals surface area contributed by atoms with Gasteiger partial charge in [0, 0.05) is 5.56 Å². The van der Waals surface area contributed by atoms with Gasteiger partial charge in [0.2, 0.25) is 0 Å². The molecule has 0 saturated heterocycles. The van der Waals surface area contributed by atoms with Gasteiger partial charge in [-0.05, 0) is 37.5 Å². The fraction of sp³-hybridized carbons (Fsp3) is 0.238. The Morgan fingerprint density at radius 2 is 1.73 bits per heavy atom. The van der Waals surface area contributed by atoms with Crippen LogP contribution in [0, 0.1) is 17.0 Å². The first-order chi connectivity index (χ1) is 15.8. The third-order valence-electron chi connectivity index (χ3n) is 4.55. The number of nitrogens with zero attached hydrogens (tertiary/aromatic N) is 2. The third-order valence-corrected chi connectivity index (χ3v) is 5.88. The molecule has 3 rings (SSSR count). The summed E-state index contributed by atoms with van der Waals surface area (Å²) in [5.41, 5.74) is 2.93. The first-order valence-corrected chi connectivity index (χ1v) is 11.4.